The molecule has 0 aliphatic carbocycles. The average Bonchev–Trinajstić information content (AvgIpc) is 2.84. The number of carbonyl (C=O) groups excluding carboxylic acids is 1. The van der Waals surface area contributed by atoms with E-state index in [2.05, 4.69) is 0 Å². The van der Waals surface area contributed by atoms with Crippen LogP contribution in [-0.4, -0.2) is 21.3 Å². The zero-order valence-corrected chi connectivity index (χ0v) is 15.3. The predicted octanol–water partition coefficient (Wildman–Crippen LogP) is 4.41. The number of carboxylic acids is 1. The maximum Gasteiger partial charge on any atom is 0.335 e. The van der Waals surface area contributed by atoms with Crippen molar-refractivity contribution in [1.82, 2.24) is 0 Å². The molecule has 2 aromatic rings. The number of benzene rings is 2. The van der Waals surface area contributed by atoms with Crippen LogP contribution in [0.15, 0.2) is 47.4 Å². The van der Waals surface area contributed by atoms with Gasteiger partial charge < -0.3 is 5.11 Å². The van der Waals surface area contributed by atoms with Crippen LogP contribution in [0.1, 0.15) is 27.0 Å². The van der Waals surface area contributed by atoms with Crippen molar-refractivity contribution in [3.05, 3.63) is 69.6 Å². The first-order valence-electron chi connectivity index (χ1n) is 7.56. The van der Waals surface area contributed by atoms with Gasteiger partial charge in [-0.2, -0.15) is 0 Å². The summed E-state index contributed by atoms with van der Waals surface area (Å²) in [7, 11) is 0. The Labute approximate surface area is 155 Å². The van der Waals surface area contributed by atoms with Crippen LogP contribution < -0.4 is 4.90 Å². The second-order valence-corrected chi connectivity index (χ2v) is 7.36. The van der Waals surface area contributed by atoms with E-state index in [0.29, 0.717) is 14.9 Å². The van der Waals surface area contributed by atoms with E-state index in [9.17, 15) is 14.7 Å². The van der Waals surface area contributed by atoms with Gasteiger partial charge in [0.25, 0.3) is 5.91 Å². The van der Waals surface area contributed by atoms with Crippen molar-refractivity contribution < 1.29 is 14.7 Å². The van der Waals surface area contributed by atoms with Gasteiger partial charge in [0.1, 0.15) is 0 Å². The highest BCUT2D eigenvalue weighted by Crippen LogP contribution is 2.37. The quantitative estimate of drug-likeness (QED) is 0.642. The van der Waals surface area contributed by atoms with E-state index < -0.39 is 5.97 Å². The lowest BCUT2D eigenvalue weighted by Crippen LogP contribution is -2.28. The van der Waals surface area contributed by atoms with Crippen molar-refractivity contribution in [3.8, 4) is 0 Å². The maximum atomic E-state index is 12.9. The number of carbonyl (C=O) groups is 2. The van der Waals surface area contributed by atoms with Crippen LogP contribution in [0.4, 0.5) is 5.69 Å². The molecule has 2 aromatic carbocycles. The van der Waals surface area contributed by atoms with Gasteiger partial charge in [0.2, 0.25) is 0 Å². The minimum atomic E-state index is -1.04. The van der Waals surface area contributed by atoms with Crippen LogP contribution in [0.3, 0.4) is 0 Å². The van der Waals surface area contributed by atoms with Crippen molar-refractivity contribution >= 4 is 51.9 Å². The number of amides is 1. The van der Waals surface area contributed by atoms with Gasteiger partial charge in [-0.3, -0.25) is 9.69 Å². The van der Waals surface area contributed by atoms with E-state index >= 15 is 0 Å². The molecule has 1 aliphatic rings. The van der Waals surface area contributed by atoms with E-state index in [1.165, 1.54) is 28.8 Å². The molecule has 1 amide bonds. The summed E-state index contributed by atoms with van der Waals surface area (Å²) in [5.74, 6) is -1.27. The molecule has 1 fully saturated rings. The summed E-state index contributed by atoms with van der Waals surface area (Å²) < 4.78 is 0.399. The molecule has 0 radical (unpaired) electrons. The van der Waals surface area contributed by atoms with Crippen LogP contribution in [-0.2, 0) is 4.79 Å². The largest absolute Gasteiger partial charge is 0.478 e. The number of nitrogens with zero attached hydrogens (tertiary/aromatic N) is 1. The molecule has 0 unspecified atom stereocenters. The molecule has 4 nitrogen and oxygen atoms in total. The van der Waals surface area contributed by atoms with E-state index in [1.54, 1.807) is 6.07 Å². The van der Waals surface area contributed by atoms with Crippen LogP contribution in [0.5, 0.6) is 0 Å². The normalized spacial score (nSPS) is 15.9. The highest BCUT2D eigenvalue weighted by Gasteiger charge is 2.34. The molecule has 1 saturated heterocycles. The lowest BCUT2D eigenvalue weighted by atomic mass is 10.1. The van der Waals surface area contributed by atoms with Gasteiger partial charge >= 0.3 is 5.97 Å². The molecule has 126 valence electrons. The molecule has 0 atom stereocenters. The SMILES string of the molecule is Cc1ccccc1/C=C1\SC(=S)N(c2cc(C(=O)O)ccc2C)C1=O. The Morgan fingerprint density at radius 1 is 1.16 bits per heavy atom. The molecule has 0 bridgehead atoms. The molecule has 0 saturated carbocycles. The molecule has 1 heterocycles. The molecule has 0 spiro atoms. The minimum Gasteiger partial charge on any atom is -0.478 e. The van der Waals surface area contributed by atoms with E-state index in [1.807, 2.05) is 44.2 Å². The number of carboxylic acid groups (broad SMARTS) is 1. The third-order valence-corrected chi connectivity index (χ3v) is 5.27. The summed E-state index contributed by atoms with van der Waals surface area (Å²) in [5.41, 5.74) is 3.45. The highest BCUT2D eigenvalue weighted by atomic mass is 32.2. The van der Waals surface area contributed by atoms with Gasteiger partial charge in [-0.05, 0) is 48.7 Å². The molecule has 6 heteroatoms. The number of thiocarbonyl (C=S) groups is 1. The predicted molar refractivity (Wildman–Crippen MR) is 105 cm³/mol. The lowest BCUT2D eigenvalue weighted by molar-refractivity contribution is -0.113. The Morgan fingerprint density at radius 2 is 1.88 bits per heavy atom. The summed E-state index contributed by atoms with van der Waals surface area (Å²) in [6.07, 6.45) is 1.82. The van der Waals surface area contributed by atoms with Crippen LogP contribution in [0.2, 0.25) is 0 Å². The molecule has 0 aromatic heterocycles. The fourth-order valence-corrected chi connectivity index (χ4v) is 3.82. The van der Waals surface area contributed by atoms with E-state index in [-0.39, 0.29) is 11.5 Å². The van der Waals surface area contributed by atoms with Gasteiger partial charge in [0.15, 0.2) is 4.32 Å². The van der Waals surface area contributed by atoms with E-state index in [0.717, 1.165) is 16.7 Å². The fourth-order valence-electron chi connectivity index (χ4n) is 2.55. The van der Waals surface area contributed by atoms with Crippen LogP contribution in [0, 0.1) is 13.8 Å². The smallest absolute Gasteiger partial charge is 0.335 e. The Morgan fingerprint density at radius 3 is 2.56 bits per heavy atom. The summed E-state index contributed by atoms with van der Waals surface area (Å²) in [4.78, 5) is 26.0. The molecule has 25 heavy (non-hydrogen) atoms. The fraction of sp³-hybridized carbons (Fsp3) is 0.105. The van der Waals surface area contributed by atoms with Crippen molar-refractivity contribution in [2.45, 2.75) is 13.8 Å². The summed E-state index contributed by atoms with van der Waals surface area (Å²) in [6, 6.07) is 12.5. The number of aryl methyl sites for hydroxylation is 2. The van der Waals surface area contributed by atoms with Crippen molar-refractivity contribution in [1.29, 1.82) is 0 Å². The summed E-state index contributed by atoms with van der Waals surface area (Å²) >= 11 is 6.60. The number of anilines is 1. The first-order valence-corrected chi connectivity index (χ1v) is 8.78. The number of aromatic carboxylic acids is 1. The first kappa shape index (κ1) is 17.4. The zero-order chi connectivity index (χ0) is 18.1. The van der Waals surface area contributed by atoms with E-state index in [4.69, 9.17) is 12.2 Å². The number of hydrogen-bond donors (Lipinski definition) is 1. The Kier molecular flexibility index (Phi) is 4.74. The lowest BCUT2D eigenvalue weighted by Gasteiger charge is -2.17. The zero-order valence-electron chi connectivity index (χ0n) is 13.6. The Hall–Kier alpha value is -2.44. The second-order valence-electron chi connectivity index (χ2n) is 5.68. The molecular weight excluding hydrogens is 354 g/mol. The molecular formula is C19H15NO3S2. The first-order chi connectivity index (χ1) is 11.9. The maximum absolute atomic E-state index is 12.9. The Bertz CT molecular complexity index is 934. The average molecular weight is 369 g/mol. The minimum absolute atomic E-state index is 0.123. The van der Waals surface area contributed by atoms with Crippen molar-refractivity contribution in [2.24, 2.45) is 0 Å². The third-order valence-electron chi connectivity index (χ3n) is 3.97. The third kappa shape index (κ3) is 3.36. The highest BCUT2D eigenvalue weighted by molar-refractivity contribution is 8.27. The summed E-state index contributed by atoms with van der Waals surface area (Å²) in [6.45, 7) is 3.80. The molecule has 1 N–H and O–H groups in total. The number of rotatable bonds is 3. The van der Waals surface area contributed by atoms with Crippen LogP contribution >= 0.6 is 24.0 Å². The number of thioether (sulfide) groups is 1. The van der Waals surface area contributed by atoms with Gasteiger partial charge in [-0.15, -0.1) is 0 Å². The monoisotopic (exact) mass is 369 g/mol. The van der Waals surface area contributed by atoms with Gasteiger partial charge in [-0.25, -0.2) is 4.79 Å². The van der Waals surface area contributed by atoms with Crippen molar-refractivity contribution in [2.75, 3.05) is 4.90 Å². The van der Waals surface area contributed by atoms with Gasteiger partial charge in [-0.1, -0.05) is 54.3 Å². The van der Waals surface area contributed by atoms with Gasteiger partial charge in [0.05, 0.1) is 16.2 Å². The molecule has 3 rings (SSSR count). The Balaban J connectivity index is 2.02. The number of hydrogen-bond acceptors (Lipinski definition) is 4. The second kappa shape index (κ2) is 6.82. The summed E-state index contributed by atoms with van der Waals surface area (Å²) in [5, 5.41) is 9.20. The van der Waals surface area contributed by atoms with Crippen LogP contribution in [0.25, 0.3) is 6.08 Å². The standard InChI is InChI=1S/C19H15NO3S2/c1-11-5-3-4-6-13(11)10-16-17(21)20(19(24)25-16)15-9-14(18(22)23)8-7-12(15)2/h3-10H,1-2H3,(H,22,23)/b16-10-. The van der Waals surface area contributed by atoms with Gasteiger partial charge in [0, 0.05) is 0 Å². The van der Waals surface area contributed by atoms with Crippen molar-refractivity contribution in [3.63, 3.8) is 0 Å². The topological polar surface area (TPSA) is 57.6 Å². The molecule has 1 aliphatic heterocycles.